The molecule has 2 aliphatic carbocycles. The molecule has 8 nitrogen and oxygen atoms in total. The van der Waals surface area contributed by atoms with Crippen molar-refractivity contribution < 1.29 is 22.3 Å². The van der Waals surface area contributed by atoms with Crippen molar-refractivity contribution in [1.82, 2.24) is 29.5 Å². The standard InChI is InChI=1S/C27H24F4N6O2/c28-21-10-16(27(29,30)31)1-6-19(21)23-20-12-33-37(18-4-5-18)26(38)24(20)35-25(34-23)14-7-8-39-22(9-14)15-11-32-36(13-15)17-2-3-17/h1,6,10-14,17-18,22H,2-5,7-9H2/t14-,22+/m1/s1. The fraction of sp³-hybridized carbons (Fsp3) is 0.444. The minimum Gasteiger partial charge on any atom is -0.373 e. The van der Waals surface area contributed by atoms with Gasteiger partial charge in [0.05, 0.1) is 47.2 Å². The van der Waals surface area contributed by atoms with Crippen LogP contribution in [0.3, 0.4) is 0 Å². The summed E-state index contributed by atoms with van der Waals surface area (Å²) in [6.45, 7) is 0.429. The summed E-state index contributed by atoms with van der Waals surface area (Å²) in [6, 6.07) is 2.73. The third-order valence-electron chi connectivity index (χ3n) is 7.69. The van der Waals surface area contributed by atoms with Gasteiger partial charge in [0.15, 0.2) is 0 Å². The van der Waals surface area contributed by atoms with E-state index in [1.807, 2.05) is 10.9 Å². The van der Waals surface area contributed by atoms with Crippen LogP contribution >= 0.6 is 0 Å². The van der Waals surface area contributed by atoms with Crippen LogP contribution in [0.4, 0.5) is 17.6 Å². The van der Waals surface area contributed by atoms with E-state index in [1.54, 1.807) is 6.20 Å². The number of benzene rings is 1. The van der Waals surface area contributed by atoms with Crippen molar-refractivity contribution in [2.45, 2.75) is 68.8 Å². The number of hydrogen-bond donors (Lipinski definition) is 0. The fourth-order valence-corrected chi connectivity index (χ4v) is 5.22. The summed E-state index contributed by atoms with van der Waals surface area (Å²) >= 11 is 0. The molecular formula is C27H24F4N6O2. The van der Waals surface area contributed by atoms with Crippen molar-refractivity contribution in [3.63, 3.8) is 0 Å². The Morgan fingerprint density at radius 2 is 1.77 bits per heavy atom. The highest BCUT2D eigenvalue weighted by atomic mass is 19.4. The number of halogens is 4. The Morgan fingerprint density at radius 3 is 2.49 bits per heavy atom. The molecule has 4 heterocycles. The van der Waals surface area contributed by atoms with Crippen LogP contribution in [-0.2, 0) is 10.9 Å². The number of alkyl halides is 3. The van der Waals surface area contributed by atoms with Gasteiger partial charge in [-0.2, -0.15) is 23.4 Å². The van der Waals surface area contributed by atoms with Gasteiger partial charge in [-0.05, 0) is 56.7 Å². The molecule has 3 aromatic heterocycles. The zero-order valence-corrected chi connectivity index (χ0v) is 20.7. The lowest BCUT2D eigenvalue weighted by Crippen LogP contribution is -2.25. The van der Waals surface area contributed by atoms with Crippen molar-refractivity contribution in [1.29, 1.82) is 0 Å². The van der Waals surface area contributed by atoms with Gasteiger partial charge in [0, 0.05) is 29.8 Å². The van der Waals surface area contributed by atoms with Gasteiger partial charge in [0.25, 0.3) is 5.56 Å². The van der Waals surface area contributed by atoms with Crippen LogP contribution in [0.5, 0.6) is 0 Å². The predicted molar refractivity (Wildman–Crippen MR) is 131 cm³/mol. The van der Waals surface area contributed by atoms with Gasteiger partial charge < -0.3 is 4.74 Å². The number of fused-ring (bicyclic) bond motifs is 1. The fourth-order valence-electron chi connectivity index (χ4n) is 5.22. The molecule has 1 aliphatic heterocycles. The molecule has 7 rings (SSSR count). The maximum Gasteiger partial charge on any atom is 0.416 e. The highest BCUT2D eigenvalue weighted by Gasteiger charge is 2.34. The Morgan fingerprint density at radius 1 is 0.974 bits per heavy atom. The number of aromatic nitrogens is 6. The monoisotopic (exact) mass is 540 g/mol. The van der Waals surface area contributed by atoms with Crippen molar-refractivity contribution in [3.8, 4) is 11.3 Å². The van der Waals surface area contributed by atoms with E-state index in [9.17, 15) is 18.0 Å². The Kier molecular flexibility index (Phi) is 5.58. The first-order valence-corrected chi connectivity index (χ1v) is 13.1. The van der Waals surface area contributed by atoms with Gasteiger partial charge >= 0.3 is 6.18 Å². The molecule has 2 saturated carbocycles. The van der Waals surface area contributed by atoms with Gasteiger partial charge in [-0.1, -0.05) is 0 Å². The lowest BCUT2D eigenvalue weighted by molar-refractivity contribution is -0.137. The Bertz CT molecular complexity index is 1640. The summed E-state index contributed by atoms with van der Waals surface area (Å²) in [5.41, 5.74) is -0.575. The van der Waals surface area contributed by atoms with E-state index in [4.69, 9.17) is 4.74 Å². The summed E-state index contributed by atoms with van der Waals surface area (Å²) in [7, 11) is 0. The van der Waals surface area contributed by atoms with Gasteiger partial charge in [-0.25, -0.2) is 19.0 Å². The molecule has 0 radical (unpaired) electrons. The molecule has 0 bridgehead atoms. The number of rotatable bonds is 5. The summed E-state index contributed by atoms with van der Waals surface area (Å²) in [5.74, 6) is -0.958. The number of ether oxygens (including phenoxy) is 1. The molecule has 3 aliphatic rings. The lowest BCUT2D eigenvalue weighted by atomic mass is 9.92. The van der Waals surface area contributed by atoms with E-state index >= 15 is 4.39 Å². The molecule has 0 N–H and O–H groups in total. The molecule has 0 amide bonds. The Balaban J connectivity index is 1.32. The molecule has 1 aromatic carbocycles. The minimum absolute atomic E-state index is 0.0120. The third-order valence-corrected chi connectivity index (χ3v) is 7.69. The quantitative estimate of drug-likeness (QED) is 0.310. The molecule has 3 fully saturated rings. The van der Waals surface area contributed by atoms with Crippen LogP contribution in [0.1, 0.15) is 79.6 Å². The smallest absolute Gasteiger partial charge is 0.373 e. The van der Waals surface area contributed by atoms with E-state index in [0.29, 0.717) is 37.4 Å². The van der Waals surface area contributed by atoms with Crippen LogP contribution in [0, 0.1) is 5.82 Å². The average Bonchev–Trinajstić information content (AvgIpc) is 3.87. The zero-order chi connectivity index (χ0) is 26.9. The topological polar surface area (TPSA) is 87.7 Å². The Labute approximate surface area is 219 Å². The molecule has 2 atom stereocenters. The molecule has 1 saturated heterocycles. The van der Waals surface area contributed by atoms with E-state index < -0.39 is 23.1 Å². The zero-order valence-electron chi connectivity index (χ0n) is 20.7. The molecule has 0 spiro atoms. The number of hydrogen-bond acceptors (Lipinski definition) is 6. The lowest BCUT2D eigenvalue weighted by Gasteiger charge is -2.28. The van der Waals surface area contributed by atoms with Crippen LogP contribution in [0.2, 0.25) is 0 Å². The molecule has 39 heavy (non-hydrogen) atoms. The first kappa shape index (κ1) is 24.4. The maximum absolute atomic E-state index is 15.1. The SMILES string of the molecule is O=c1c2nc([C@@H]3CCO[C@H](c4cnn(C5CC5)c4)C3)nc(-c3ccc(C(F)(F)F)cc3F)c2cnn1C1CC1. The van der Waals surface area contributed by atoms with E-state index in [0.717, 1.165) is 43.4 Å². The van der Waals surface area contributed by atoms with Crippen LogP contribution in [-0.4, -0.2) is 36.1 Å². The third kappa shape index (κ3) is 4.50. The van der Waals surface area contributed by atoms with Crippen LogP contribution in [0.15, 0.2) is 41.6 Å². The first-order chi connectivity index (χ1) is 18.8. The summed E-state index contributed by atoms with van der Waals surface area (Å²) in [4.78, 5) is 22.7. The van der Waals surface area contributed by atoms with Gasteiger partial charge in [-0.3, -0.25) is 9.48 Å². The van der Waals surface area contributed by atoms with E-state index in [1.165, 1.54) is 10.9 Å². The van der Waals surface area contributed by atoms with Crippen molar-refractivity contribution in [2.24, 2.45) is 0 Å². The minimum atomic E-state index is -4.69. The molecule has 4 aromatic rings. The number of nitrogens with zero attached hydrogens (tertiary/aromatic N) is 6. The van der Waals surface area contributed by atoms with Crippen LogP contribution < -0.4 is 5.56 Å². The predicted octanol–water partition coefficient (Wildman–Crippen LogP) is 5.51. The van der Waals surface area contributed by atoms with E-state index in [2.05, 4.69) is 20.2 Å². The summed E-state index contributed by atoms with van der Waals surface area (Å²) < 4.78 is 64.1. The normalized spacial score (nSPS) is 21.9. The summed E-state index contributed by atoms with van der Waals surface area (Å²) in [6.07, 6.45) is 5.24. The van der Waals surface area contributed by atoms with Crippen molar-refractivity contribution in [3.05, 3.63) is 69.9 Å². The second kappa shape index (κ2) is 8.94. The van der Waals surface area contributed by atoms with Crippen molar-refractivity contribution >= 4 is 10.9 Å². The molecule has 0 unspecified atom stereocenters. The molecule has 202 valence electrons. The highest BCUT2D eigenvalue weighted by molar-refractivity contribution is 5.91. The maximum atomic E-state index is 15.1. The van der Waals surface area contributed by atoms with Gasteiger partial charge in [0.1, 0.15) is 17.2 Å². The molecular weight excluding hydrogens is 516 g/mol. The first-order valence-electron chi connectivity index (χ1n) is 13.1. The molecule has 12 heteroatoms. The van der Waals surface area contributed by atoms with Crippen molar-refractivity contribution in [2.75, 3.05) is 6.61 Å². The van der Waals surface area contributed by atoms with Gasteiger partial charge in [-0.15, -0.1) is 0 Å². The average molecular weight is 541 g/mol. The van der Waals surface area contributed by atoms with E-state index in [-0.39, 0.29) is 40.2 Å². The van der Waals surface area contributed by atoms with Gasteiger partial charge in [0.2, 0.25) is 0 Å². The summed E-state index contributed by atoms with van der Waals surface area (Å²) in [5, 5.41) is 8.91. The second-order valence-corrected chi connectivity index (χ2v) is 10.6. The van der Waals surface area contributed by atoms with Crippen LogP contribution in [0.25, 0.3) is 22.2 Å². The largest absolute Gasteiger partial charge is 0.416 e. The highest BCUT2D eigenvalue weighted by Crippen LogP contribution is 2.41. The second-order valence-electron chi connectivity index (χ2n) is 10.6. The Hall–Kier alpha value is -3.67.